The molecule has 2 aliphatic heterocycles. The molecule has 226 valence electrons. The Morgan fingerprint density at radius 2 is 1.43 bits per heavy atom. The molecule has 44 heavy (non-hydrogen) atoms. The summed E-state index contributed by atoms with van der Waals surface area (Å²) in [5, 5.41) is 2.73. The van der Waals surface area contributed by atoms with Crippen LogP contribution in [0.4, 0.5) is 4.79 Å². The molecule has 3 aromatic carbocycles. The average Bonchev–Trinajstić information content (AvgIpc) is 3.27. The van der Waals surface area contributed by atoms with Crippen LogP contribution in [0.3, 0.4) is 0 Å². The van der Waals surface area contributed by atoms with Crippen molar-refractivity contribution in [1.29, 1.82) is 0 Å². The predicted molar refractivity (Wildman–Crippen MR) is 171 cm³/mol. The van der Waals surface area contributed by atoms with Crippen molar-refractivity contribution in [3.05, 3.63) is 137 Å². The molecule has 0 aliphatic carbocycles. The minimum absolute atomic E-state index is 0.180. The number of benzene rings is 3. The van der Waals surface area contributed by atoms with Crippen LogP contribution < -0.4 is 21.5 Å². The Morgan fingerprint density at radius 3 is 1.93 bits per heavy atom. The van der Waals surface area contributed by atoms with Crippen molar-refractivity contribution in [2.24, 2.45) is 7.05 Å². The van der Waals surface area contributed by atoms with Gasteiger partial charge in [0.1, 0.15) is 0 Å². The summed E-state index contributed by atoms with van der Waals surface area (Å²) < 4.78 is 42.3. The molecule has 3 heterocycles. The second-order valence-electron chi connectivity index (χ2n) is 10.6. The molecular formula is C32H31N4O6PS. The van der Waals surface area contributed by atoms with Crippen LogP contribution in [0.25, 0.3) is 5.57 Å². The zero-order chi connectivity index (χ0) is 31.0. The van der Waals surface area contributed by atoms with E-state index in [0.29, 0.717) is 27.2 Å². The number of carbonyl (C=O) groups is 1. The zero-order valence-corrected chi connectivity index (χ0v) is 25.8. The van der Waals surface area contributed by atoms with E-state index < -0.39 is 29.3 Å². The first-order valence-electron chi connectivity index (χ1n) is 14.0. The number of aromatic nitrogens is 2. The normalized spacial score (nSPS) is 17.9. The monoisotopic (exact) mass is 630 g/mol. The third-order valence-corrected chi connectivity index (χ3v) is 15.1. The average molecular weight is 631 g/mol. The van der Waals surface area contributed by atoms with E-state index in [1.54, 1.807) is 25.4 Å². The molecule has 1 fully saturated rings. The van der Waals surface area contributed by atoms with E-state index in [2.05, 4.69) is 4.98 Å². The first-order chi connectivity index (χ1) is 21.2. The van der Waals surface area contributed by atoms with Gasteiger partial charge in [-0.05, 0) is 0 Å². The van der Waals surface area contributed by atoms with Gasteiger partial charge in [0, 0.05) is 0 Å². The first-order valence-corrected chi connectivity index (χ1v) is 17.5. The Labute approximate surface area is 255 Å². The van der Waals surface area contributed by atoms with Crippen molar-refractivity contribution in [2.45, 2.75) is 13.0 Å². The number of urea groups is 1. The van der Waals surface area contributed by atoms with Crippen molar-refractivity contribution in [3.63, 3.8) is 0 Å². The number of hydroxylamine groups is 2. The fraction of sp³-hybridized carbons (Fsp3) is 0.156. The van der Waals surface area contributed by atoms with Crippen LogP contribution in [0.1, 0.15) is 12.6 Å². The molecule has 10 nitrogen and oxygen atoms in total. The van der Waals surface area contributed by atoms with Crippen LogP contribution in [0, 0.1) is 0 Å². The van der Waals surface area contributed by atoms with E-state index in [0.717, 1.165) is 5.06 Å². The van der Waals surface area contributed by atoms with E-state index in [4.69, 9.17) is 8.25 Å². The second-order valence-corrected chi connectivity index (χ2v) is 16.2. The minimum atomic E-state index is -4.96. The van der Waals surface area contributed by atoms with Gasteiger partial charge in [-0.25, -0.2) is 0 Å². The van der Waals surface area contributed by atoms with Gasteiger partial charge >= 0.3 is 256 Å². The molecule has 12 heteroatoms. The quantitative estimate of drug-likeness (QED) is 0.261. The fourth-order valence-electron chi connectivity index (χ4n) is 5.98. The summed E-state index contributed by atoms with van der Waals surface area (Å²) in [6.45, 7) is -2.25. The molecule has 6 rings (SSSR count). The summed E-state index contributed by atoms with van der Waals surface area (Å²) in [5.41, 5.74) is 0.708. The van der Waals surface area contributed by atoms with E-state index in [1.807, 2.05) is 104 Å². The van der Waals surface area contributed by atoms with Crippen LogP contribution in [0.5, 0.6) is 0 Å². The molecule has 2 amide bonds. The molecule has 0 saturated carbocycles. The number of allylic oxidation sites excluding steroid dienone is 1. The van der Waals surface area contributed by atoms with Crippen molar-refractivity contribution in [2.75, 3.05) is 13.1 Å². The molecule has 0 N–H and O–H groups in total. The summed E-state index contributed by atoms with van der Waals surface area (Å²) in [6.07, 6.45) is 6.30. The van der Waals surface area contributed by atoms with Crippen LogP contribution >= 0.6 is 6.83 Å². The number of aryl methyl sites for hydroxylation is 1. The molecule has 2 bridgehead atoms. The van der Waals surface area contributed by atoms with Gasteiger partial charge in [0.05, 0.1) is 0 Å². The van der Waals surface area contributed by atoms with Gasteiger partial charge in [0.15, 0.2) is 0 Å². The van der Waals surface area contributed by atoms with Gasteiger partial charge in [-0.15, -0.1) is 0 Å². The molecule has 0 spiro atoms. The molecule has 1 atom stereocenters. The summed E-state index contributed by atoms with van der Waals surface area (Å²) in [5.74, 6) is 1.82. The van der Waals surface area contributed by atoms with Crippen LogP contribution in [0.2, 0.25) is 0 Å². The van der Waals surface area contributed by atoms with Crippen molar-refractivity contribution in [3.8, 4) is 0 Å². The summed E-state index contributed by atoms with van der Waals surface area (Å²) in [4.78, 5) is 31.1. The Balaban J connectivity index is 1.50. The number of carbonyl (C=O) groups excluding carboxylic acids is 1. The standard InChI is InChI=1S/C32H31N4O6PS/c1-3-21-43(25-13-7-4-8-14-25,26-15-9-5-10-16-26,27-17-11-6-12-18-27)42-44(39,40)41-36-30-24-35(32(36)38)20-19-28(30)29-23-34(2)31(37)22-33-29/h3-19,21-23,30H,20,24H2,1-2H3. The Morgan fingerprint density at radius 1 is 0.886 bits per heavy atom. The Hall–Kier alpha value is -4.41. The number of nitrogens with zero attached hydrogens (tertiary/aromatic N) is 4. The second kappa shape index (κ2) is 11.3. The molecule has 1 unspecified atom stereocenters. The number of amides is 2. The molecule has 1 saturated heterocycles. The van der Waals surface area contributed by atoms with Gasteiger partial charge in [-0.3, -0.25) is 0 Å². The van der Waals surface area contributed by atoms with Gasteiger partial charge in [0.2, 0.25) is 0 Å². The summed E-state index contributed by atoms with van der Waals surface area (Å²) in [7, 11) is -3.36. The third kappa shape index (κ3) is 4.78. The number of hydrogen-bond donors (Lipinski definition) is 0. The molecular weight excluding hydrogens is 599 g/mol. The Bertz CT molecular complexity index is 1830. The van der Waals surface area contributed by atoms with E-state index >= 15 is 0 Å². The van der Waals surface area contributed by atoms with Crippen LogP contribution in [0.15, 0.2) is 126 Å². The SMILES string of the molecule is CC=CP(OS(=O)(=O)ON1C(=O)N2CC=C(c3cn(C)c(=O)cn3)C1C2)(c1ccccc1)(c1ccccc1)c1ccccc1. The van der Waals surface area contributed by atoms with Crippen molar-refractivity contribution in [1.82, 2.24) is 19.5 Å². The van der Waals surface area contributed by atoms with Gasteiger partial charge < -0.3 is 0 Å². The number of hydrogen-bond acceptors (Lipinski definition) is 7. The molecule has 4 aromatic rings. The topological polar surface area (TPSA) is 111 Å². The third-order valence-electron chi connectivity index (χ3n) is 7.96. The van der Waals surface area contributed by atoms with Crippen LogP contribution in [-0.2, 0) is 25.7 Å². The first kappa shape index (κ1) is 29.7. The summed E-state index contributed by atoms with van der Waals surface area (Å²) >= 11 is 0. The maximum absolute atomic E-state index is 14.3. The predicted octanol–water partition coefficient (Wildman–Crippen LogP) is 3.45. The fourth-order valence-corrected chi connectivity index (χ4v) is 13.5. The molecule has 2 aliphatic rings. The Kier molecular flexibility index (Phi) is 7.59. The van der Waals surface area contributed by atoms with Gasteiger partial charge in [-0.2, -0.15) is 0 Å². The van der Waals surface area contributed by atoms with E-state index in [-0.39, 0.29) is 18.6 Å². The van der Waals surface area contributed by atoms with Crippen molar-refractivity contribution >= 4 is 44.7 Å². The molecule has 1 aromatic heterocycles. The summed E-state index contributed by atoms with van der Waals surface area (Å²) in [6, 6.07) is 26.2. The van der Waals surface area contributed by atoms with Crippen molar-refractivity contribution < 1.29 is 21.5 Å². The van der Waals surface area contributed by atoms with Gasteiger partial charge in [-0.1, -0.05) is 0 Å². The van der Waals surface area contributed by atoms with E-state index in [1.165, 1.54) is 15.7 Å². The van der Waals surface area contributed by atoms with Crippen LogP contribution in [-0.4, -0.2) is 53.1 Å². The zero-order valence-electron chi connectivity index (χ0n) is 24.1. The number of fused-ring (bicyclic) bond motifs is 2. The molecule has 0 radical (unpaired) electrons. The maximum atomic E-state index is 14.3. The number of rotatable bonds is 9. The van der Waals surface area contributed by atoms with Gasteiger partial charge in [0.25, 0.3) is 0 Å². The van der Waals surface area contributed by atoms with E-state index in [9.17, 15) is 18.0 Å².